The van der Waals surface area contributed by atoms with Crippen LogP contribution in [-0.2, 0) is 32.5 Å². The molecule has 1 nitrogen and oxygen atoms in total. The number of aromatic nitrogens is 1. The largest absolute Gasteiger partial charge is 0.386 e. The van der Waals surface area contributed by atoms with Crippen LogP contribution in [-0.4, -0.2) is 11.2 Å². The Balaban J connectivity index is 0.000000629. The smallest absolute Gasteiger partial charge is 0.264 e. The van der Waals surface area contributed by atoms with Gasteiger partial charge in [-0.3, -0.25) is 4.98 Å². The van der Waals surface area contributed by atoms with Crippen LogP contribution in [0.5, 0.6) is 0 Å². The standard InChI is InChI=1S/2C14H22.C13H21N.C2H3F3/c2*1-13(2,3)11-9-7-8-10-12(11)14(4,5)6;1-12(2,3)10-7-8-14-9-11(10)13(4,5)6;1-2(3,4)5/h2*7-10H,1-6H3;7-9H,1-6H3;1H3. The van der Waals surface area contributed by atoms with Crippen molar-refractivity contribution < 1.29 is 13.2 Å². The molecule has 3 rings (SSSR count). The van der Waals surface area contributed by atoms with E-state index in [1.54, 1.807) is 0 Å². The maximum atomic E-state index is 10.4. The number of pyridine rings is 1. The third-order valence-electron chi connectivity index (χ3n) is 7.52. The Bertz CT molecular complexity index is 1090. The van der Waals surface area contributed by atoms with Crippen molar-refractivity contribution in [3.8, 4) is 0 Å². The molecule has 0 radical (unpaired) electrons. The molecule has 1 heterocycles. The van der Waals surface area contributed by atoms with Crippen molar-refractivity contribution in [1.29, 1.82) is 0 Å². The topological polar surface area (TPSA) is 12.9 Å². The zero-order valence-electron chi connectivity index (χ0n) is 33.4. The summed E-state index contributed by atoms with van der Waals surface area (Å²) in [6.45, 7) is 40.9. The van der Waals surface area contributed by atoms with Crippen LogP contribution in [0.25, 0.3) is 0 Å². The van der Waals surface area contributed by atoms with Crippen molar-refractivity contribution in [2.45, 2.75) is 170 Å². The van der Waals surface area contributed by atoms with Gasteiger partial charge in [-0.1, -0.05) is 173 Å². The van der Waals surface area contributed by atoms with Crippen molar-refractivity contribution >= 4 is 0 Å². The summed E-state index contributed by atoms with van der Waals surface area (Å²) in [5.41, 5.74) is 9.96. The van der Waals surface area contributed by atoms with Gasteiger partial charge in [0, 0.05) is 19.3 Å². The molecule has 0 atom stereocenters. The molecule has 266 valence electrons. The van der Waals surface area contributed by atoms with E-state index in [2.05, 4.69) is 184 Å². The summed E-state index contributed by atoms with van der Waals surface area (Å²) in [7, 11) is 0. The van der Waals surface area contributed by atoms with E-state index >= 15 is 0 Å². The van der Waals surface area contributed by atoms with Gasteiger partial charge in [-0.15, -0.1) is 0 Å². The molecule has 0 saturated heterocycles. The van der Waals surface area contributed by atoms with Crippen LogP contribution in [0.4, 0.5) is 13.2 Å². The van der Waals surface area contributed by atoms with Gasteiger partial charge in [0.05, 0.1) is 0 Å². The Morgan fingerprint density at radius 1 is 0.340 bits per heavy atom. The number of hydrogen-bond acceptors (Lipinski definition) is 1. The molecule has 1 aromatic heterocycles. The predicted molar refractivity (Wildman–Crippen MR) is 201 cm³/mol. The second kappa shape index (κ2) is 16.2. The number of hydrogen-bond donors (Lipinski definition) is 0. The van der Waals surface area contributed by atoms with Crippen molar-refractivity contribution in [2.75, 3.05) is 0 Å². The third-order valence-corrected chi connectivity index (χ3v) is 7.52. The maximum Gasteiger partial charge on any atom is 0.386 e. The van der Waals surface area contributed by atoms with Crippen LogP contribution in [0.2, 0.25) is 0 Å². The minimum Gasteiger partial charge on any atom is -0.264 e. The van der Waals surface area contributed by atoms with Gasteiger partial charge in [0.1, 0.15) is 0 Å². The van der Waals surface area contributed by atoms with Gasteiger partial charge in [-0.2, -0.15) is 13.2 Å². The van der Waals surface area contributed by atoms with E-state index in [9.17, 15) is 13.2 Å². The first-order valence-corrected chi connectivity index (χ1v) is 16.9. The first kappa shape index (κ1) is 44.4. The predicted octanol–water partition coefficient (Wildman–Crippen LogP) is 13.8. The average Bonchev–Trinajstić information content (AvgIpc) is 2.86. The molecule has 0 aliphatic rings. The molecule has 0 spiro atoms. The molecule has 0 aliphatic heterocycles. The van der Waals surface area contributed by atoms with E-state index in [0.29, 0.717) is 0 Å². The number of benzene rings is 2. The van der Waals surface area contributed by atoms with Crippen LogP contribution in [0.3, 0.4) is 0 Å². The fourth-order valence-corrected chi connectivity index (χ4v) is 5.23. The average molecular weight is 656 g/mol. The second-order valence-electron chi connectivity index (χ2n) is 18.8. The highest BCUT2D eigenvalue weighted by Gasteiger charge is 2.26. The lowest BCUT2D eigenvalue weighted by atomic mass is 9.75. The van der Waals surface area contributed by atoms with Crippen molar-refractivity contribution in [1.82, 2.24) is 4.98 Å². The van der Waals surface area contributed by atoms with Crippen LogP contribution < -0.4 is 0 Å². The Morgan fingerprint density at radius 2 is 0.532 bits per heavy atom. The molecular formula is C43H68F3N. The van der Waals surface area contributed by atoms with Gasteiger partial charge in [0.2, 0.25) is 0 Å². The summed E-state index contributed by atoms with van der Waals surface area (Å²) < 4.78 is 31.1. The number of alkyl halides is 3. The van der Waals surface area contributed by atoms with E-state index in [1.807, 2.05) is 12.4 Å². The molecule has 2 aromatic carbocycles. The highest BCUT2D eigenvalue weighted by atomic mass is 19.4. The zero-order valence-corrected chi connectivity index (χ0v) is 33.4. The zero-order chi connectivity index (χ0) is 37.4. The number of rotatable bonds is 0. The van der Waals surface area contributed by atoms with Crippen LogP contribution >= 0.6 is 0 Å². The summed E-state index contributed by atoms with van der Waals surface area (Å²) in [4.78, 5) is 4.23. The highest BCUT2D eigenvalue weighted by molar-refractivity contribution is 5.38. The molecule has 0 bridgehead atoms. The first-order valence-electron chi connectivity index (χ1n) is 16.9. The minimum absolute atomic E-state index is 0.177. The summed E-state index contributed by atoms with van der Waals surface area (Å²) in [5, 5.41) is 0. The molecule has 0 unspecified atom stereocenters. The Labute approximate surface area is 288 Å². The SMILES string of the molecule is CC(C)(C)c1ccccc1C(C)(C)C.CC(C)(C)c1ccccc1C(C)(C)C.CC(C)(C)c1ccncc1C(C)(C)C.CC(F)(F)F. The second-order valence-corrected chi connectivity index (χ2v) is 18.8. The lowest BCUT2D eigenvalue weighted by Gasteiger charge is -2.29. The number of halogens is 3. The van der Waals surface area contributed by atoms with Gasteiger partial charge in [0.15, 0.2) is 0 Å². The van der Waals surface area contributed by atoms with Crippen LogP contribution in [0.1, 0.15) is 165 Å². The first-order chi connectivity index (χ1) is 20.7. The van der Waals surface area contributed by atoms with Crippen molar-refractivity contribution in [3.63, 3.8) is 0 Å². The lowest BCUT2D eigenvalue weighted by molar-refractivity contribution is -0.110. The van der Waals surface area contributed by atoms with Crippen LogP contribution in [0.15, 0.2) is 67.0 Å². The fourth-order valence-electron chi connectivity index (χ4n) is 5.23. The van der Waals surface area contributed by atoms with Crippen LogP contribution in [0, 0.1) is 0 Å². The Kier molecular flexibility index (Phi) is 15.3. The van der Waals surface area contributed by atoms with E-state index in [4.69, 9.17) is 0 Å². The van der Waals surface area contributed by atoms with Gasteiger partial charge < -0.3 is 0 Å². The van der Waals surface area contributed by atoms with Gasteiger partial charge >= 0.3 is 6.18 Å². The summed E-state index contributed by atoms with van der Waals surface area (Å²) >= 11 is 0. The molecular weight excluding hydrogens is 587 g/mol. The highest BCUT2D eigenvalue weighted by Crippen LogP contribution is 2.35. The Morgan fingerprint density at radius 3 is 0.702 bits per heavy atom. The van der Waals surface area contributed by atoms with Gasteiger partial charge in [-0.25, -0.2) is 0 Å². The van der Waals surface area contributed by atoms with Gasteiger partial charge in [-0.05, 0) is 71.9 Å². The van der Waals surface area contributed by atoms with E-state index in [1.165, 1.54) is 33.4 Å². The molecule has 3 aromatic rings. The molecule has 4 heteroatoms. The molecule has 47 heavy (non-hydrogen) atoms. The van der Waals surface area contributed by atoms with E-state index in [-0.39, 0.29) is 39.4 Å². The fraction of sp³-hybridized carbons (Fsp3) is 0.605. The molecule has 0 saturated carbocycles. The molecule has 0 N–H and O–H groups in total. The quantitative estimate of drug-likeness (QED) is 0.235. The lowest BCUT2D eigenvalue weighted by Crippen LogP contribution is -2.22. The Hall–Kier alpha value is -2.62. The maximum absolute atomic E-state index is 10.4. The number of nitrogens with zero attached hydrogens (tertiary/aromatic N) is 1. The summed E-state index contributed by atoms with van der Waals surface area (Å²) in [6.07, 6.45) is -0.115. The minimum atomic E-state index is -4.00. The van der Waals surface area contributed by atoms with Gasteiger partial charge in [0.25, 0.3) is 0 Å². The summed E-state index contributed by atoms with van der Waals surface area (Å²) in [6, 6.07) is 19.7. The van der Waals surface area contributed by atoms with E-state index in [0.717, 1.165) is 0 Å². The normalized spacial score (nSPS) is 12.9. The molecule has 0 amide bonds. The van der Waals surface area contributed by atoms with Crippen molar-refractivity contribution in [2.24, 2.45) is 0 Å². The van der Waals surface area contributed by atoms with E-state index < -0.39 is 6.18 Å². The summed E-state index contributed by atoms with van der Waals surface area (Å²) in [5.74, 6) is 0. The monoisotopic (exact) mass is 656 g/mol. The van der Waals surface area contributed by atoms with Crippen molar-refractivity contribution in [3.05, 3.63) is 100 Å². The molecule has 0 aliphatic carbocycles. The third kappa shape index (κ3) is 16.9. The molecule has 0 fully saturated rings.